The highest BCUT2D eigenvalue weighted by Gasteiger charge is 2.25. The molecular formula is C35H50O6. The zero-order valence-electron chi connectivity index (χ0n) is 26.7. The van der Waals surface area contributed by atoms with E-state index in [9.17, 15) is 9.59 Å². The van der Waals surface area contributed by atoms with Crippen LogP contribution in [0.25, 0.3) is 0 Å². The molecule has 0 bridgehead atoms. The predicted octanol–water partition coefficient (Wildman–Crippen LogP) is 7.86. The Labute approximate surface area is 247 Å². The molecule has 0 amide bonds. The van der Waals surface area contributed by atoms with Crippen molar-refractivity contribution in [2.75, 3.05) is 13.2 Å². The van der Waals surface area contributed by atoms with Crippen LogP contribution in [0.5, 0.6) is 11.5 Å². The van der Waals surface area contributed by atoms with Crippen LogP contribution in [0.1, 0.15) is 93.2 Å². The van der Waals surface area contributed by atoms with Gasteiger partial charge in [0.2, 0.25) is 0 Å². The molecule has 0 heterocycles. The highest BCUT2D eigenvalue weighted by molar-refractivity contribution is 5.98. The van der Waals surface area contributed by atoms with E-state index < -0.39 is 17.5 Å². The highest BCUT2D eigenvalue weighted by atomic mass is 16.6. The van der Waals surface area contributed by atoms with E-state index in [4.69, 9.17) is 18.9 Å². The Bertz CT molecular complexity index is 1140. The molecule has 2 aromatic carbocycles. The quantitative estimate of drug-likeness (QED) is 0.152. The lowest BCUT2D eigenvalue weighted by atomic mass is 9.78. The van der Waals surface area contributed by atoms with Crippen LogP contribution in [-0.4, -0.2) is 42.8 Å². The Morgan fingerprint density at radius 2 is 1.17 bits per heavy atom. The molecule has 2 unspecified atom stereocenters. The number of allylic oxidation sites excluding steroid dienone is 1. The number of ketones is 1. The first-order valence-electron chi connectivity index (χ1n) is 14.7. The van der Waals surface area contributed by atoms with Gasteiger partial charge in [-0.25, -0.2) is 4.79 Å². The van der Waals surface area contributed by atoms with Crippen LogP contribution >= 0.6 is 0 Å². The number of carbonyl (C=O) groups excluding carboxylic acids is 2. The largest absolute Gasteiger partial charge is 0.491 e. The SMILES string of the molecule is CCC(C)(C)OC(C)COc1ccc(C(C)(C)c2ccc(OCC(C)OC(=O)/C=C/C(=O)C(C)(C)CC)cc2)cc1. The van der Waals surface area contributed by atoms with E-state index in [1.165, 1.54) is 17.7 Å². The monoisotopic (exact) mass is 566 g/mol. The van der Waals surface area contributed by atoms with Gasteiger partial charge in [-0.1, -0.05) is 65.8 Å². The van der Waals surface area contributed by atoms with Gasteiger partial charge >= 0.3 is 5.97 Å². The van der Waals surface area contributed by atoms with Crippen LogP contribution in [-0.2, 0) is 24.5 Å². The van der Waals surface area contributed by atoms with Crippen molar-refractivity contribution in [2.24, 2.45) is 5.41 Å². The normalized spacial score (nSPS) is 14.0. The van der Waals surface area contributed by atoms with Crippen LogP contribution in [0, 0.1) is 5.41 Å². The molecule has 2 aromatic rings. The summed E-state index contributed by atoms with van der Waals surface area (Å²) >= 11 is 0. The van der Waals surface area contributed by atoms with Gasteiger partial charge in [0.1, 0.15) is 30.8 Å². The number of carbonyl (C=O) groups is 2. The number of hydrogen-bond acceptors (Lipinski definition) is 6. The third-order valence-electron chi connectivity index (χ3n) is 7.73. The molecule has 0 aliphatic heterocycles. The van der Waals surface area contributed by atoms with Gasteiger partial charge in [-0.15, -0.1) is 0 Å². The second kappa shape index (κ2) is 14.7. The minimum atomic E-state index is -0.557. The fourth-order valence-electron chi connectivity index (χ4n) is 4.01. The van der Waals surface area contributed by atoms with E-state index in [0.29, 0.717) is 18.8 Å². The molecule has 0 aromatic heterocycles. The summed E-state index contributed by atoms with van der Waals surface area (Å²) in [6, 6.07) is 16.2. The molecule has 0 aliphatic rings. The van der Waals surface area contributed by atoms with Crippen molar-refractivity contribution in [3.63, 3.8) is 0 Å². The maximum absolute atomic E-state index is 12.2. The van der Waals surface area contributed by atoms with Gasteiger partial charge in [0.25, 0.3) is 0 Å². The second-order valence-electron chi connectivity index (χ2n) is 12.5. The average Bonchev–Trinajstić information content (AvgIpc) is 2.93. The summed E-state index contributed by atoms with van der Waals surface area (Å²) in [6.45, 7) is 20.8. The van der Waals surface area contributed by atoms with Crippen LogP contribution < -0.4 is 9.47 Å². The van der Waals surface area contributed by atoms with E-state index in [1.54, 1.807) is 6.92 Å². The van der Waals surface area contributed by atoms with Gasteiger partial charge in [0, 0.05) is 16.9 Å². The van der Waals surface area contributed by atoms with E-state index in [0.717, 1.165) is 17.7 Å². The fourth-order valence-corrected chi connectivity index (χ4v) is 4.01. The average molecular weight is 567 g/mol. The first kappa shape index (κ1) is 34.1. The van der Waals surface area contributed by atoms with E-state index >= 15 is 0 Å². The molecule has 41 heavy (non-hydrogen) atoms. The lowest BCUT2D eigenvalue weighted by molar-refractivity contribution is -0.143. The number of hydrogen-bond donors (Lipinski definition) is 0. The Kier molecular flexibility index (Phi) is 12.2. The number of rotatable bonds is 16. The first-order chi connectivity index (χ1) is 19.1. The molecule has 6 heteroatoms. The number of benzene rings is 2. The standard InChI is InChI=1S/C35H50O6/c1-11-33(5,6)31(36)21-22-32(37)40-25(3)23-38-29-17-13-27(14-18-29)35(9,10)28-15-19-30(20-16-28)39-24-26(4)41-34(7,8)12-2/h13-22,25-26H,11-12,23-24H2,1-10H3/b22-21+. The molecule has 0 N–H and O–H groups in total. The fraction of sp³-hybridized carbons (Fsp3) is 0.543. The molecule has 2 atom stereocenters. The summed E-state index contributed by atoms with van der Waals surface area (Å²) in [5, 5.41) is 0. The molecule has 0 saturated carbocycles. The summed E-state index contributed by atoms with van der Waals surface area (Å²) in [7, 11) is 0. The van der Waals surface area contributed by atoms with Crippen LogP contribution in [0.15, 0.2) is 60.7 Å². The maximum Gasteiger partial charge on any atom is 0.331 e. The lowest BCUT2D eigenvalue weighted by Gasteiger charge is -2.28. The van der Waals surface area contributed by atoms with Crippen molar-refractivity contribution >= 4 is 11.8 Å². The molecule has 6 nitrogen and oxygen atoms in total. The molecule has 0 radical (unpaired) electrons. The van der Waals surface area contributed by atoms with Crippen LogP contribution in [0.4, 0.5) is 0 Å². The van der Waals surface area contributed by atoms with Crippen molar-refractivity contribution < 1.29 is 28.5 Å². The topological polar surface area (TPSA) is 71.1 Å². The predicted molar refractivity (Wildman–Crippen MR) is 165 cm³/mol. The van der Waals surface area contributed by atoms with Crippen LogP contribution in [0.2, 0.25) is 0 Å². The van der Waals surface area contributed by atoms with E-state index in [2.05, 4.69) is 58.9 Å². The van der Waals surface area contributed by atoms with Gasteiger partial charge in [0.15, 0.2) is 5.78 Å². The van der Waals surface area contributed by atoms with Gasteiger partial charge < -0.3 is 18.9 Å². The van der Waals surface area contributed by atoms with Crippen molar-refractivity contribution in [1.29, 1.82) is 0 Å². The molecule has 0 spiro atoms. The smallest absolute Gasteiger partial charge is 0.331 e. The van der Waals surface area contributed by atoms with E-state index in [-0.39, 0.29) is 29.5 Å². The Balaban J connectivity index is 1.89. The molecule has 0 aliphatic carbocycles. The Morgan fingerprint density at radius 1 is 0.707 bits per heavy atom. The zero-order chi connectivity index (χ0) is 30.8. The zero-order valence-corrected chi connectivity index (χ0v) is 26.7. The minimum Gasteiger partial charge on any atom is -0.491 e. The molecule has 0 fully saturated rings. The van der Waals surface area contributed by atoms with Crippen molar-refractivity contribution in [2.45, 2.75) is 105 Å². The van der Waals surface area contributed by atoms with Gasteiger partial charge in [-0.2, -0.15) is 0 Å². The van der Waals surface area contributed by atoms with Gasteiger partial charge in [0.05, 0.1) is 11.7 Å². The van der Waals surface area contributed by atoms with Crippen molar-refractivity contribution in [3.05, 3.63) is 71.8 Å². The van der Waals surface area contributed by atoms with Crippen LogP contribution in [0.3, 0.4) is 0 Å². The molecule has 2 rings (SSSR count). The summed E-state index contributed by atoms with van der Waals surface area (Å²) < 4.78 is 23.2. The number of esters is 1. The van der Waals surface area contributed by atoms with E-state index in [1.807, 2.05) is 52.0 Å². The molecule has 226 valence electrons. The molecular weight excluding hydrogens is 516 g/mol. The number of ether oxygens (including phenoxy) is 4. The Hall–Kier alpha value is -3.12. The summed E-state index contributed by atoms with van der Waals surface area (Å²) in [4.78, 5) is 24.3. The summed E-state index contributed by atoms with van der Waals surface area (Å²) in [5.74, 6) is 0.854. The first-order valence-corrected chi connectivity index (χ1v) is 14.7. The third kappa shape index (κ3) is 10.7. The van der Waals surface area contributed by atoms with Crippen molar-refractivity contribution in [1.82, 2.24) is 0 Å². The third-order valence-corrected chi connectivity index (χ3v) is 7.73. The summed E-state index contributed by atoms with van der Waals surface area (Å²) in [5.41, 5.74) is 1.44. The molecule has 0 saturated heterocycles. The second-order valence-corrected chi connectivity index (χ2v) is 12.5. The minimum absolute atomic E-state index is 0.00235. The van der Waals surface area contributed by atoms with Gasteiger partial charge in [-0.3, -0.25) is 4.79 Å². The lowest BCUT2D eigenvalue weighted by Crippen LogP contribution is -2.31. The maximum atomic E-state index is 12.2. The summed E-state index contributed by atoms with van der Waals surface area (Å²) in [6.07, 6.45) is 3.66. The van der Waals surface area contributed by atoms with Gasteiger partial charge in [-0.05, 0) is 82.0 Å². The Morgan fingerprint density at radius 3 is 1.61 bits per heavy atom. The highest BCUT2D eigenvalue weighted by Crippen LogP contribution is 2.33. The van der Waals surface area contributed by atoms with Crippen molar-refractivity contribution in [3.8, 4) is 11.5 Å².